The van der Waals surface area contributed by atoms with Gasteiger partial charge in [-0.2, -0.15) is 11.8 Å². The van der Waals surface area contributed by atoms with Gasteiger partial charge in [0.05, 0.1) is 12.8 Å². The monoisotopic (exact) mass is 223 g/mol. The first kappa shape index (κ1) is 14.1. The maximum Gasteiger partial charge on any atom is 0.120 e. The third-order valence-corrected chi connectivity index (χ3v) is 2.87. The van der Waals surface area contributed by atoms with Crippen molar-refractivity contribution in [3.63, 3.8) is 0 Å². The molecule has 0 heterocycles. The minimum absolute atomic E-state index is 1.20. The van der Waals surface area contributed by atoms with Crippen LogP contribution in [0.2, 0.25) is 0 Å². The Bertz CT molecular complexity index is 307. The van der Waals surface area contributed by atoms with Gasteiger partial charge in [-0.05, 0) is 13.2 Å². The molecule has 0 aliphatic rings. The lowest BCUT2D eigenvalue weighted by atomic mass is 10.1. The third-order valence-electron chi connectivity index (χ3n) is 2.07. The summed E-state index contributed by atoms with van der Waals surface area (Å²) >= 11 is 1.77. The molecule has 0 aliphatic carbocycles. The molecule has 1 aromatic carbocycles. The van der Waals surface area contributed by atoms with Gasteiger partial charge in [-0.3, -0.25) is 4.58 Å². The van der Waals surface area contributed by atoms with Gasteiger partial charge in [0, 0.05) is 0 Å². The van der Waals surface area contributed by atoms with Crippen molar-refractivity contribution >= 4 is 18.5 Å². The summed E-state index contributed by atoms with van der Waals surface area (Å²) in [4.78, 5) is 1.30. The molecule has 0 aromatic heterocycles. The zero-order valence-corrected chi connectivity index (χ0v) is 11.2. The Morgan fingerprint density at radius 1 is 1.27 bits per heavy atom. The highest BCUT2D eigenvalue weighted by molar-refractivity contribution is 7.98. The number of hydrogen-bond donors (Lipinski definition) is 0. The fourth-order valence-corrected chi connectivity index (χ4v) is 1.80. The van der Waals surface area contributed by atoms with Gasteiger partial charge in [0.25, 0.3) is 0 Å². The minimum Gasteiger partial charge on any atom is -0.291 e. The molecular weight excluding hydrogens is 202 g/mol. The van der Waals surface area contributed by atoms with Gasteiger partial charge in [0.2, 0.25) is 0 Å². The molecule has 0 amide bonds. The summed E-state index contributed by atoms with van der Waals surface area (Å²) in [6.07, 6.45) is 2.09. The molecule has 0 unspecified atom stereocenters. The maximum absolute atomic E-state index is 3.88. The van der Waals surface area contributed by atoms with Crippen molar-refractivity contribution in [2.75, 3.05) is 13.3 Å². The van der Waals surface area contributed by atoms with Crippen LogP contribution in [0, 0.1) is 6.04 Å². The lowest BCUT2D eigenvalue weighted by Gasteiger charge is -2.17. The van der Waals surface area contributed by atoms with Crippen LogP contribution in [0.5, 0.6) is 0 Å². The molecule has 0 saturated heterocycles. The molecule has 2 heteroatoms. The Balaban J connectivity index is 0.000000921. The Morgan fingerprint density at radius 3 is 2.27 bits per heavy atom. The summed E-state index contributed by atoms with van der Waals surface area (Å²) in [6, 6.07) is 9.58. The second-order valence-corrected chi connectivity index (χ2v) is 3.83. The van der Waals surface area contributed by atoms with E-state index in [9.17, 15) is 0 Å². The highest BCUT2D eigenvalue weighted by Gasteiger charge is 2.07. The van der Waals surface area contributed by atoms with Gasteiger partial charge in [-0.25, -0.2) is 0 Å². The zero-order chi connectivity index (χ0) is 11.8. The number of hydrogen-bond acceptors (Lipinski definition) is 1. The number of benzene rings is 1. The van der Waals surface area contributed by atoms with Crippen molar-refractivity contribution in [2.24, 2.45) is 0 Å². The minimum atomic E-state index is 1.20. The molecule has 1 nitrogen and oxygen atoms in total. The highest BCUT2D eigenvalue weighted by atomic mass is 32.2. The summed E-state index contributed by atoms with van der Waals surface area (Å²) in [5, 5.41) is 0. The average Bonchev–Trinajstić information content (AvgIpc) is 2.30. The van der Waals surface area contributed by atoms with Crippen LogP contribution in [-0.2, 0) is 0 Å². The number of rotatable bonds is 3. The normalized spacial score (nSPS) is 8.87. The van der Waals surface area contributed by atoms with E-state index in [1.807, 2.05) is 25.5 Å². The van der Waals surface area contributed by atoms with Crippen molar-refractivity contribution in [3.05, 3.63) is 35.9 Å². The van der Waals surface area contributed by atoms with E-state index in [2.05, 4.69) is 44.2 Å². The van der Waals surface area contributed by atoms with Crippen molar-refractivity contribution in [1.29, 1.82) is 0 Å². The van der Waals surface area contributed by atoms with Crippen molar-refractivity contribution in [3.8, 4) is 0 Å². The van der Waals surface area contributed by atoms with Crippen LogP contribution in [0.3, 0.4) is 0 Å². The summed E-state index contributed by atoms with van der Waals surface area (Å²) in [7, 11) is 1.96. The highest BCUT2D eigenvalue weighted by Crippen LogP contribution is 2.25. The Morgan fingerprint density at radius 2 is 1.80 bits per heavy atom. The molecule has 0 bridgehead atoms. The van der Waals surface area contributed by atoms with Crippen LogP contribution >= 0.6 is 11.8 Å². The molecule has 0 saturated carbocycles. The molecule has 0 aliphatic heterocycles. The Labute approximate surface area is 98.2 Å². The molecule has 1 rings (SSSR count). The summed E-state index contributed by atoms with van der Waals surface area (Å²) in [5.41, 5.74) is 1.27. The molecule has 15 heavy (non-hydrogen) atoms. The van der Waals surface area contributed by atoms with Gasteiger partial charge >= 0.3 is 0 Å². The van der Waals surface area contributed by atoms with Crippen LogP contribution in [0.15, 0.2) is 29.2 Å². The standard InChI is InChI=1S/C11H15NS.C2H6/c1-9(12(2)3)10-7-5-6-8-11(10)13-4;1-2/h5-8H,2H2,1,3-4H3;1-2H3. The Kier molecular flexibility index (Phi) is 6.97. The first-order chi connectivity index (χ1) is 7.16. The van der Waals surface area contributed by atoms with Crippen molar-refractivity contribution < 1.29 is 4.58 Å². The van der Waals surface area contributed by atoms with E-state index in [4.69, 9.17) is 0 Å². The van der Waals surface area contributed by atoms with Crippen molar-refractivity contribution in [2.45, 2.75) is 25.7 Å². The number of nitrogens with zero attached hydrogens (tertiary/aromatic N) is 1. The van der Waals surface area contributed by atoms with Crippen molar-refractivity contribution in [1.82, 2.24) is 0 Å². The second-order valence-electron chi connectivity index (χ2n) is 2.98. The quantitative estimate of drug-likeness (QED) is 0.327. The molecule has 84 valence electrons. The SMILES string of the molecule is C=[N+](C)[C-](C)c1ccccc1SC.CC. The van der Waals surface area contributed by atoms with E-state index in [1.165, 1.54) is 16.5 Å². The van der Waals surface area contributed by atoms with Gasteiger partial charge in [0.15, 0.2) is 0 Å². The van der Waals surface area contributed by atoms with Crippen LogP contribution < -0.4 is 0 Å². The molecule has 0 radical (unpaired) electrons. The van der Waals surface area contributed by atoms with E-state index in [-0.39, 0.29) is 0 Å². The van der Waals surface area contributed by atoms with E-state index < -0.39 is 0 Å². The van der Waals surface area contributed by atoms with Crippen LogP contribution in [-0.4, -0.2) is 24.6 Å². The first-order valence-corrected chi connectivity index (χ1v) is 6.40. The molecule has 1 aromatic rings. The summed E-state index contributed by atoms with van der Waals surface area (Å²) < 4.78 is 1.90. The van der Waals surface area contributed by atoms with Crippen LogP contribution in [0.1, 0.15) is 26.3 Å². The van der Waals surface area contributed by atoms with Gasteiger partial charge in [0.1, 0.15) is 7.05 Å². The van der Waals surface area contributed by atoms with E-state index in [1.54, 1.807) is 11.8 Å². The maximum atomic E-state index is 3.88. The predicted octanol–water partition coefficient (Wildman–Crippen LogP) is 3.68. The average molecular weight is 223 g/mol. The van der Waals surface area contributed by atoms with E-state index >= 15 is 0 Å². The molecule has 0 spiro atoms. The predicted molar refractivity (Wildman–Crippen MR) is 70.9 cm³/mol. The summed E-state index contributed by atoms with van der Waals surface area (Å²) in [5.74, 6) is 0. The summed E-state index contributed by atoms with van der Waals surface area (Å²) in [6.45, 7) is 9.96. The van der Waals surface area contributed by atoms with Gasteiger partial charge in [-0.15, -0.1) is 12.1 Å². The van der Waals surface area contributed by atoms with E-state index in [0.29, 0.717) is 0 Å². The fourth-order valence-electron chi connectivity index (χ4n) is 1.15. The molecule has 0 N–H and O–H groups in total. The lowest BCUT2D eigenvalue weighted by molar-refractivity contribution is -0.465. The Hall–Kier alpha value is -0.890. The van der Waals surface area contributed by atoms with Crippen LogP contribution in [0.25, 0.3) is 0 Å². The first-order valence-electron chi connectivity index (χ1n) is 5.18. The number of thioether (sulfide) groups is 1. The fraction of sp³-hybridized carbons (Fsp3) is 0.385. The third kappa shape index (κ3) is 4.00. The molecule has 0 fully saturated rings. The largest absolute Gasteiger partial charge is 0.291 e. The topological polar surface area (TPSA) is 3.01 Å². The molecular formula is C13H21NS. The second kappa shape index (κ2) is 7.41. The molecule has 0 atom stereocenters. The van der Waals surface area contributed by atoms with Crippen LogP contribution in [0.4, 0.5) is 0 Å². The lowest BCUT2D eigenvalue weighted by Crippen LogP contribution is -2.10. The zero-order valence-electron chi connectivity index (χ0n) is 10.4. The van der Waals surface area contributed by atoms with Gasteiger partial charge in [-0.1, -0.05) is 36.4 Å². The van der Waals surface area contributed by atoms with E-state index in [0.717, 1.165) is 0 Å². The smallest absolute Gasteiger partial charge is 0.120 e. The van der Waals surface area contributed by atoms with Gasteiger partial charge < -0.3 is 0 Å².